The number of sulfonamides is 1. The lowest BCUT2D eigenvalue weighted by Gasteiger charge is -2.16. The summed E-state index contributed by atoms with van der Waals surface area (Å²) in [6, 6.07) is 7.50. The van der Waals surface area contributed by atoms with Gasteiger partial charge in [0.1, 0.15) is 0 Å². The predicted molar refractivity (Wildman–Crippen MR) is 58.3 cm³/mol. The quantitative estimate of drug-likeness (QED) is 0.418. The lowest BCUT2D eigenvalue weighted by atomic mass is 10.4. The Balaban J connectivity index is 2.99. The zero-order chi connectivity index (χ0) is 12.2. The second-order valence-electron chi connectivity index (χ2n) is 3.05. The molecule has 0 radical (unpaired) electrons. The molecule has 1 aromatic rings. The van der Waals surface area contributed by atoms with Crippen molar-refractivity contribution < 1.29 is 13.2 Å². The molecule has 0 fully saturated rings. The molecular formula is C9H13N3O3S. The van der Waals surface area contributed by atoms with Gasteiger partial charge in [0.2, 0.25) is 0 Å². The Bertz CT molecular complexity index is 458. The van der Waals surface area contributed by atoms with E-state index in [1.807, 2.05) is 0 Å². The molecule has 7 heteroatoms. The standard InChI is InChI=1S/C9H13N3O3S/c10-7-6-9(13)12(11)16(14,15)8-4-2-1-3-5-8/h1-5H,6-7,10-11H2. The molecule has 0 atom stereocenters. The van der Waals surface area contributed by atoms with Crippen LogP contribution in [0.3, 0.4) is 0 Å². The number of hydrogen-bond donors (Lipinski definition) is 2. The normalized spacial score (nSPS) is 11.1. The average molecular weight is 243 g/mol. The van der Waals surface area contributed by atoms with Gasteiger partial charge in [-0.3, -0.25) is 4.79 Å². The number of carbonyl (C=O) groups is 1. The van der Waals surface area contributed by atoms with Crippen LogP contribution < -0.4 is 11.6 Å². The topological polar surface area (TPSA) is 106 Å². The molecule has 4 N–H and O–H groups in total. The van der Waals surface area contributed by atoms with Crippen LogP contribution in [0.1, 0.15) is 6.42 Å². The molecule has 0 saturated heterocycles. The number of nitrogens with two attached hydrogens (primary N) is 2. The number of benzene rings is 1. The monoisotopic (exact) mass is 243 g/mol. The van der Waals surface area contributed by atoms with E-state index in [4.69, 9.17) is 11.6 Å². The molecule has 0 unspecified atom stereocenters. The van der Waals surface area contributed by atoms with E-state index in [0.29, 0.717) is 0 Å². The van der Waals surface area contributed by atoms with Gasteiger partial charge in [-0.25, -0.2) is 5.84 Å². The fraction of sp³-hybridized carbons (Fsp3) is 0.222. The van der Waals surface area contributed by atoms with Crippen molar-refractivity contribution in [2.75, 3.05) is 6.54 Å². The van der Waals surface area contributed by atoms with Crippen LogP contribution in [0.25, 0.3) is 0 Å². The molecule has 1 amide bonds. The summed E-state index contributed by atoms with van der Waals surface area (Å²) in [4.78, 5) is 11.3. The SMILES string of the molecule is NCCC(=O)N(N)S(=O)(=O)c1ccccc1. The summed E-state index contributed by atoms with van der Waals surface area (Å²) in [6.07, 6.45) is -0.109. The summed E-state index contributed by atoms with van der Waals surface area (Å²) in [5.74, 6) is 4.52. The van der Waals surface area contributed by atoms with Crippen molar-refractivity contribution in [2.45, 2.75) is 11.3 Å². The molecular weight excluding hydrogens is 230 g/mol. The first kappa shape index (κ1) is 12.6. The highest BCUT2D eigenvalue weighted by Gasteiger charge is 2.25. The van der Waals surface area contributed by atoms with E-state index in [9.17, 15) is 13.2 Å². The van der Waals surface area contributed by atoms with Crippen molar-refractivity contribution in [3.63, 3.8) is 0 Å². The van der Waals surface area contributed by atoms with Crippen molar-refractivity contribution in [2.24, 2.45) is 11.6 Å². The lowest BCUT2D eigenvalue weighted by molar-refractivity contribution is -0.126. The van der Waals surface area contributed by atoms with Gasteiger partial charge in [0.25, 0.3) is 15.9 Å². The molecule has 6 nitrogen and oxygen atoms in total. The van der Waals surface area contributed by atoms with Crippen LogP contribution in [0.4, 0.5) is 0 Å². The minimum Gasteiger partial charge on any atom is -0.330 e. The maximum absolute atomic E-state index is 11.8. The van der Waals surface area contributed by atoms with E-state index >= 15 is 0 Å². The van der Waals surface area contributed by atoms with Gasteiger partial charge in [0.15, 0.2) is 0 Å². The maximum Gasteiger partial charge on any atom is 0.280 e. The van der Waals surface area contributed by atoms with E-state index in [0.717, 1.165) is 0 Å². The van der Waals surface area contributed by atoms with Gasteiger partial charge in [-0.05, 0) is 12.1 Å². The van der Waals surface area contributed by atoms with Crippen LogP contribution in [0.15, 0.2) is 35.2 Å². The van der Waals surface area contributed by atoms with Gasteiger partial charge in [0.05, 0.1) is 4.90 Å². The second-order valence-corrected chi connectivity index (χ2v) is 4.86. The van der Waals surface area contributed by atoms with Gasteiger partial charge in [-0.1, -0.05) is 18.2 Å². The predicted octanol–water partition coefficient (Wildman–Crippen LogP) is -0.574. The number of hydrazine groups is 1. The Morgan fingerprint density at radius 1 is 1.25 bits per heavy atom. The minimum atomic E-state index is -3.95. The van der Waals surface area contributed by atoms with E-state index in [1.54, 1.807) is 18.2 Å². The first-order valence-electron chi connectivity index (χ1n) is 4.58. The Morgan fingerprint density at radius 2 is 1.81 bits per heavy atom. The molecule has 1 rings (SSSR count). The first-order valence-corrected chi connectivity index (χ1v) is 6.02. The van der Waals surface area contributed by atoms with E-state index in [1.165, 1.54) is 12.1 Å². The summed E-state index contributed by atoms with van der Waals surface area (Å²) in [5, 5.41) is 0. The van der Waals surface area contributed by atoms with Crippen LogP contribution in [0.5, 0.6) is 0 Å². The summed E-state index contributed by atoms with van der Waals surface area (Å²) in [6.45, 7) is 0.0524. The molecule has 88 valence electrons. The minimum absolute atomic E-state index is 0.0251. The first-order chi connectivity index (χ1) is 7.50. The summed E-state index contributed by atoms with van der Waals surface area (Å²) >= 11 is 0. The Labute approximate surface area is 93.9 Å². The molecule has 16 heavy (non-hydrogen) atoms. The number of carbonyl (C=O) groups excluding carboxylic acids is 1. The molecule has 0 aromatic heterocycles. The van der Waals surface area contributed by atoms with Gasteiger partial charge in [0, 0.05) is 13.0 Å². The van der Waals surface area contributed by atoms with Crippen molar-refractivity contribution in [1.82, 2.24) is 4.41 Å². The molecule has 0 aliphatic rings. The highest BCUT2D eigenvalue weighted by molar-refractivity contribution is 7.89. The highest BCUT2D eigenvalue weighted by Crippen LogP contribution is 2.12. The van der Waals surface area contributed by atoms with Gasteiger partial charge >= 0.3 is 0 Å². The molecule has 0 spiro atoms. The zero-order valence-electron chi connectivity index (χ0n) is 8.54. The smallest absolute Gasteiger partial charge is 0.280 e. The lowest BCUT2D eigenvalue weighted by Crippen LogP contribution is -2.43. The number of amides is 1. The summed E-state index contributed by atoms with van der Waals surface area (Å²) in [7, 11) is -3.95. The molecule has 0 heterocycles. The Hall–Kier alpha value is -1.44. The Kier molecular flexibility index (Phi) is 3.99. The number of hydrogen-bond acceptors (Lipinski definition) is 5. The van der Waals surface area contributed by atoms with Crippen LogP contribution in [-0.2, 0) is 14.8 Å². The van der Waals surface area contributed by atoms with Gasteiger partial charge in [-0.2, -0.15) is 12.8 Å². The summed E-state index contributed by atoms with van der Waals surface area (Å²) in [5.41, 5.74) is 5.15. The van der Waals surface area contributed by atoms with E-state index in [-0.39, 0.29) is 22.3 Å². The van der Waals surface area contributed by atoms with Crippen LogP contribution in [0, 0.1) is 0 Å². The third kappa shape index (κ3) is 2.57. The van der Waals surface area contributed by atoms with Gasteiger partial charge in [-0.15, -0.1) is 0 Å². The van der Waals surface area contributed by atoms with E-state index in [2.05, 4.69) is 0 Å². The zero-order valence-corrected chi connectivity index (χ0v) is 9.35. The number of rotatable bonds is 4. The van der Waals surface area contributed by atoms with Crippen molar-refractivity contribution in [3.8, 4) is 0 Å². The Morgan fingerprint density at radius 3 is 2.31 bits per heavy atom. The van der Waals surface area contributed by atoms with Crippen molar-refractivity contribution in [3.05, 3.63) is 30.3 Å². The second kappa shape index (κ2) is 5.06. The molecule has 0 saturated carbocycles. The van der Waals surface area contributed by atoms with Crippen molar-refractivity contribution in [1.29, 1.82) is 0 Å². The largest absolute Gasteiger partial charge is 0.330 e. The third-order valence-corrected chi connectivity index (χ3v) is 3.49. The molecule has 0 aliphatic heterocycles. The average Bonchev–Trinajstić information content (AvgIpc) is 2.29. The molecule has 0 bridgehead atoms. The maximum atomic E-state index is 11.8. The van der Waals surface area contributed by atoms with E-state index < -0.39 is 15.9 Å². The van der Waals surface area contributed by atoms with Crippen LogP contribution >= 0.6 is 0 Å². The fourth-order valence-corrected chi connectivity index (χ4v) is 2.16. The van der Waals surface area contributed by atoms with Crippen molar-refractivity contribution >= 4 is 15.9 Å². The van der Waals surface area contributed by atoms with Crippen LogP contribution in [-0.4, -0.2) is 25.3 Å². The van der Waals surface area contributed by atoms with Gasteiger partial charge < -0.3 is 5.73 Å². The van der Waals surface area contributed by atoms with Crippen LogP contribution in [0.2, 0.25) is 0 Å². The summed E-state index contributed by atoms with van der Waals surface area (Å²) < 4.78 is 23.8. The molecule has 1 aromatic carbocycles. The number of nitrogens with zero attached hydrogens (tertiary/aromatic N) is 1. The molecule has 0 aliphatic carbocycles. The third-order valence-electron chi connectivity index (χ3n) is 1.90. The highest BCUT2D eigenvalue weighted by atomic mass is 32.2. The fourth-order valence-electron chi connectivity index (χ4n) is 1.07.